The Balaban J connectivity index is 2.24. The predicted octanol–water partition coefficient (Wildman–Crippen LogP) is 0.164. The van der Waals surface area contributed by atoms with Gasteiger partial charge in [0.05, 0.1) is 17.3 Å². The maximum Gasteiger partial charge on any atom is 0.299 e. The molecule has 0 radical (unpaired) electrons. The maximum absolute atomic E-state index is 11.8. The molecule has 0 atom stereocenters. The second-order valence-electron chi connectivity index (χ2n) is 4.18. The van der Waals surface area contributed by atoms with Crippen molar-refractivity contribution in [3.8, 4) is 6.07 Å². The highest BCUT2D eigenvalue weighted by Gasteiger charge is 2.36. The molecule has 0 fully saturated rings. The monoisotopic (exact) mass is 257 g/mol. The molecule has 1 aromatic carbocycles. The highest BCUT2D eigenvalue weighted by molar-refractivity contribution is 6.52. The van der Waals surface area contributed by atoms with Gasteiger partial charge in [0.2, 0.25) is 5.91 Å². The first-order valence-corrected chi connectivity index (χ1v) is 5.65. The Morgan fingerprint density at radius 3 is 2.84 bits per heavy atom. The first kappa shape index (κ1) is 12.8. The number of hydrogen-bond donors (Lipinski definition) is 1. The number of anilines is 1. The van der Waals surface area contributed by atoms with Crippen LogP contribution in [0.15, 0.2) is 18.2 Å². The smallest absolute Gasteiger partial charge is 0.299 e. The fraction of sp³-hybridized carbons (Fsp3) is 0.231. The van der Waals surface area contributed by atoms with Crippen LogP contribution >= 0.6 is 0 Å². The fourth-order valence-corrected chi connectivity index (χ4v) is 1.91. The van der Waals surface area contributed by atoms with E-state index in [1.807, 2.05) is 6.92 Å². The van der Waals surface area contributed by atoms with E-state index < -0.39 is 17.6 Å². The lowest BCUT2D eigenvalue weighted by Gasteiger charge is -2.15. The number of carbonyl (C=O) groups is 3. The van der Waals surface area contributed by atoms with Gasteiger partial charge in [-0.3, -0.25) is 19.3 Å². The molecule has 1 heterocycles. The summed E-state index contributed by atoms with van der Waals surface area (Å²) >= 11 is 0. The number of aryl methyl sites for hydroxylation is 1. The van der Waals surface area contributed by atoms with Crippen LogP contribution < -0.4 is 10.2 Å². The minimum atomic E-state index is -0.715. The van der Waals surface area contributed by atoms with E-state index in [1.54, 1.807) is 24.3 Å². The number of nitrogens with zero attached hydrogens (tertiary/aromatic N) is 2. The molecule has 1 aliphatic rings. The number of ketones is 1. The summed E-state index contributed by atoms with van der Waals surface area (Å²) < 4.78 is 0. The van der Waals surface area contributed by atoms with Crippen molar-refractivity contribution in [1.82, 2.24) is 5.32 Å². The van der Waals surface area contributed by atoms with Crippen LogP contribution in [0.1, 0.15) is 15.9 Å². The normalized spacial score (nSPS) is 13.2. The zero-order valence-corrected chi connectivity index (χ0v) is 10.3. The third-order valence-corrected chi connectivity index (χ3v) is 2.79. The highest BCUT2D eigenvalue weighted by atomic mass is 16.2. The first-order chi connectivity index (χ1) is 9.04. The van der Waals surface area contributed by atoms with E-state index >= 15 is 0 Å². The number of carbonyl (C=O) groups excluding carboxylic acids is 3. The quantitative estimate of drug-likeness (QED) is 0.617. The van der Waals surface area contributed by atoms with Crippen LogP contribution in [-0.4, -0.2) is 30.7 Å². The van der Waals surface area contributed by atoms with Crippen molar-refractivity contribution in [2.75, 3.05) is 18.0 Å². The molecule has 0 saturated heterocycles. The summed E-state index contributed by atoms with van der Waals surface area (Å²) in [7, 11) is 0. The summed E-state index contributed by atoms with van der Waals surface area (Å²) in [4.78, 5) is 36.2. The molecule has 96 valence electrons. The lowest BCUT2D eigenvalue weighted by molar-refractivity contribution is -0.121. The van der Waals surface area contributed by atoms with Crippen LogP contribution in [0.2, 0.25) is 0 Å². The van der Waals surface area contributed by atoms with Crippen LogP contribution in [0.25, 0.3) is 0 Å². The number of nitrogens with one attached hydrogen (secondary N) is 1. The molecule has 6 nitrogen and oxygen atoms in total. The number of Topliss-reactive ketones (excluding diaryl/α,β-unsaturated/α-hetero) is 1. The molecule has 19 heavy (non-hydrogen) atoms. The molecule has 0 saturated carbocycles. The molecule has 6 heteroatoms. The zero-order chi connectivity index (χ0) is 14.0. The third-order valence-electron chi connectivity index (χ3n) is 2.79. The van der Waals surface area contributed by atoms with Crippen molar-refractivity contribution in [1.29, 1.82) is 5.26 Å². The predicted molar refractivity (Wildman–Crippen MR) is 66.5 cm³/mol. The molecule has 1 N–H and O–H groups in total. The van der Waals surface area contributed by atoms with E-state index in [0.29, 0.717) is 11.3 Å². The van der Waals surface area contributed by atoms with Crippen molar-refractivity contribution in [3.05, 3.63) is 29.3 Å². The third kappa shape index (κ3) is 2.31. The fourth-order valence-electron chi connectivity index (χ4n) is 1.91. The Hall–Kier alpha value is -2.68. The van der Waals surface area contributed by atoms with Crippen LogP contribution in [0, 0.1) is 18.3 Å². The van der Waals surface area contributed by atoms with Gasteiger partial charge >= 0.3 is 0 Å². The standard InChI is InChI=1S/C13H11N3O3/c1-8-2-3-10-9(6-8)12(18)13(19)16(10)7-11(17)15-5-4-14/h2-3,6H,5,7H2,1H3,(H,15,17). The number of nitriles is 1. The largest absolute Gasteiger partial charge is 0.341 e. The van der Waals surface area contributed by atoms with Gasteiger partial charge in [-0.25, -0.2) is 0 Å². The summed E-state index contributed by atoms with van der Waals surface area (Å²) in [6.45, 7) is 1.43. The number of benzene rings is 1. The van der Waals surface area contributed by atoms with Crippen molar-refractivity contribution < 1.29 is 14.4 Å². The molecule has 0 spiro atoms. The van der Waals surface area contributed by atoms with E-state index in [2.05, 4.69) is 5.32 Å². The summed E-state index contributed by atoms with van der Waals surface area (Å²) in [5.41, 5.74) is 1.63. The van der Waals surface area contributed by atoms with Gasteiger partial charge in [-0.1, -0.05) is 11.6 Å². The van der Waals surface area contributed by atoms with Crippen molar-refractivity contribution in [3.63, 3.8) is 0 Å². The van der Waals surface area contributed by atoms with Gasteiger partial charge in [0.25, 0.3) is 11.7 Å². The molecule has 2 amide bonds. The van der Waals surface area contributed by atoms with Gasteiger partial charge in [-0.05, 0) is 19.1 Å². The summed E-state index contributed by atoms with van der Waals surface area (Å²) in [5, 5.41) is 10.7. The molecule has 0 aromatic heterocycles. The Bertz CT molecular complexity index is 616. The first-order valence-electron chi connectivity index (χ1n) is 5.65. The molecule has 1 aromatic rings. The minimum absolute atomic E-state index is 0.129. The molecule has 0 unspecified atom stereocenters. The van der Waals surface area contributed by atoms with Crippen molar-refractivity contribution >= 4 is 23.3 Å². The summed E-state index contributed by atoms with van der Waals surface area (Å²) in [5.74, 6) is -1.80. The van der Waals surface area contributed by atoms with Crippen molar-refractivity contribution in [2.24, 2.45) is 0 Å². The Kier molecular flexibility index (Phi) is 3.29. The molecule has 2 rings (SSSR count). The van der Waals surface area contributed by atoms with Gasteiger partial charge in [-0.2, -0.15) is 5.26 Å². The molecule has 0 aliphatic carbocycles. The lowest BCUT2D eigenvalue weighted by Crippen LogP contribution is -2.40. The summed E-state index contributed by atoms with van der Waals surface area (Å²) in [6.07, 6.45) is 0. The Morgan fingerprint density at radius 1 is 1.42 bits per heavy atom. The maximum atomic E-state index is 11.8. The topological polar surface area (TPSA) is 90.3 Å². The van der Waals surface area contributed by atoms with Crippen LogP contribution in [0.5, 0.6) is 0 Å². The van der Waals surface area contributed by atoms with Crippen LogP contribution in [0.4, 0.5) is 5.69 Å². The van der Waals surface area contributed by atoms with Gasteiger partial charge in [0, 0.05) is 0 Å². The SMILES string of the molecule is Cc1ccc2c(c1)C(=O)C(=O)N2CC(=O)NCC#N. The Labute approximate surface area is 109 Å². The Morgan fingerprint density at radius 2 is 2.16 bits per heavy atom. The average Bonchev–Trinajstić information content (AvgIpc) is 2.61. The molecule has 1 aliphatic heterocycles. The van der Waals surface area contributed by atoms with E-state index in [9.17, 15) is 14.4 Å². The van der Waals surface area contributed by atoms with Crippen LogP contribution in [0.3, 0.4) is 0 Å². The van der Waals surface area contributed by atoms with Gasteiger partial charge in [0.15, 0.2) is 0 Å². The second kappa shape index (κ2) is 4.90. The van der Waals surface area contributed by atoms with Gasteiger partial charge < -0.3 is 5.32 Å². The van der Waals surface area contributed by atoms with Gasteiger partial charge in [0.1, 0.15) is 13.1 Å². The molecule has 0 bridgehead atoms. The van der Waals surface area contributed by atoms with Crippen LogP contribution in [-0.2, 0) is 9.59 Å². The average molecular weight is 257 g/mol. The van der Waals surface area contributed by atoms with E-state index in [-0.39, 0.29) is 13.1 Å². The lowest BCUT2D eigenvalue weighted by atomic mass is 10.1. The van der Waals surface area contributed by atoms with E-state index in [0.717, 1.165) is 10.5 Å². The number of rotatable bonds is 3. The molecular weight excluding hydrogens is 246 g/mol. The molecular formula is C13H11N3O3. The second-order valence-corrected chi connectivity index (χ2v) is 4.18. The minimum Gasteiger partial charge on any atom is -0.341 e. The number of fused-ring (bicyclic) bond motifs is 1. The summed E-state index contributed by atoms with van der Waals surface area (Å²) in [6, 6.07) is 6.81. The van der Waals surface area contributed by atoms with Gasteiger partial charge in [-0.15, -0.1) is 0 Å². The van der Waals surface area contributed by atoms with E-state index in [4.69, 9.17) is 5.26 Å². The zero-order valence-electron chi connectivity index (χ0n) is 10.3. The number of hydrogen-bond acceptors (Lipinski definition) is 4. The van der Waals surface area contributed by atoms with Crippen molar-refractivity contribution in [2.45, 2.75) is 6.92 Å². The van der Waals surface area contributed by atoms with E-state index in [1.165, 1.54) is 0 Å². The highest BCUT2D eigenvalue weighted by Crippen LogP contribution is 2.29. The number of amides is 2.